The summed E-state index contributed by atoms with van der Waals surface area (Å²) in [4.78, 5) is 20.0. The first-order valence-electron chi connectivity index (χ1n) is 8.64. The van der Waals surface area contributed by atoms with Crippen LogP contribution in [0, 0.1) is 0 Å². The average Bonchev–Trinajstić information content (AvgIpc) is 3.49. The van der Waals surface area contributed by atoms with Crippen molar-refractivity contribution >= 4 is 17.6 Å². The fraction of sp³-hybridized carbons (Fsp3) is 0.278. The van der Waals surface area contributed by atoms with Crippen molar-refractivity contribution in [2.75, 3.05) is 18.2 Å². The molecule has 1 aliphatic carbocycles. The van der Waals surface area contributed by atoms with Crippen LogP contribution in [0.5, 0.6) is 0 Å². The lowest BCUT2D eigenvalue weighted by molar-refractivity contribution is -0.141. The molecule has 0 bridgehead atoms. The van der Waals surface area contributed by atoms with Gasteiger partial charge in [0.1, 0.15) is 17.0 Å². The lowest BCUT2D eigenvalue weighted by Gasteiger charge is -2.14. The number of nitrogens with zero attached hydrogens (tertiary/aromatic N) is 5. The Labute approximate surface area is 163 Å². The smallest absolute Gasteiger partial charge is 0.372 e. The van der Waals surface area contributed by atoms with E-state index in [2.05, 4.69) is 30.2 Å². The number of rotatable bonds is 5. The molecule has 3 N–H and O–H groups in total. The van der Waals surface area contributed by atoms with E-state index in [1.165, 1.54) is 12.1 Å². The van der Waals surface area contributed by atoms with Crippen molar-refractivity contribution < 1.29 is 17.9 Å². The van der Waals surface area contributed by atoms with Crippen LogP contribution in [0.25, 0.3) is 11.5 Å². The van der Waals surface area contributed by atoms with Gasteiger partial charge in [-0.25, -0.2) is 4.98 Å². The molecule has 0 aromatic carbocycles. The summed E-state index contributed by atoms with van der Waals surface area (Å²) in [6, 6.07) is 6.98. The van der Waals surface area contributed by atoms with E-state index in [9.17, 15) is 13.2 Å². The van der Waals surface area contributed by atoms with Crippen molar-refractivity contribution in [2.24, 2.45) is 0 Å². The van der Waals surface area contributed by atoms with Gasteiger partial charge in [-0.2, -0.15) is 28.1 Å². The number of pyridine rings is 2. The summed E-state index contributed by atoms with van der Waals surface area (Å²) in [5.41, 5.74) is 5.64. The third kappa shape index (κ3) is 3.94. The Morgan fingerprint density at radius 1 is 1.10 bits per heavy atom. The van der Waals surface area contributed by atoms with E-state index in [1.807, 2.05) is 0 Å². The third-order valence-electron chi connectivity index (χ3n) is 4.50. The minimum Gasteiger partial charge on any atom is -0.372 e. The van der Waals surface area contributed by atoms with Gasteiger partial charge in [0, 0.05) is 19.0 Å². The summed E-state index contributed by atoms with van der Waals surface area (Å²) >= 11 is 0. The van der Waals surface area contributed by atoms with Gasteiger partial charge in [-0.1, -0.05) is 6.07 Å². The first-order valence-corrected chi connectivity index (χ1v) is 8.64. The molecule has 0 unspecified atom stereocenters. The minimum absolute atomic E-state index is 0.0660. The van der Waals surface area contributed by atoms with Crippen LogP contribution in [0.3, 0.4) is 0 Å². The Kier molecular flexibility index (Phi) is 4.53. The Morgan fingerprint density at radius 2 is 1.90 bits per heavy atom. The molecular formula is C18H16F3N7O. The molecule has 0 atom stereocenters. The first kappa shape index (κ1) is 19.0. The SMILES string of the molecule is COC1(c2cc(Nc3nc(N)nc(-c4cccc(C(F)(F)F)n4)n3)ccn2)CC1. The number of anilines is 3. The van der Waals surface area contributed by atoms with Gasteiger partial charge in [-0.15, -0.1) is 0 Å². The number of halogens is 3. The molecule has 1 fully saturated rings. The number of hydrogen-bond acceptors (Lipinski definition) is 8. The highest BCUT2D eigenvalue weighted by atomic mass is 19.4. The Balaban J connectivity index is 1.64. The molecule has 1 saturated carbocycles. The largest absolute Gasteiger partial charge is 0.433 e. The maximum Gasteiger partial charge on any atom is 0.433 e. The number of hydrogen-bond donors (Lipinski definition) is 2. The molecule has 0 amide bonds. The fourth-order valence-electron chi connectivity index (χ4n) is 2.84. The van der Waals surface area contributed by atoms with Gasteiger partial charge in [0.15, 0.2) is 5.82 Å². The van der Waals surface area contributed by atoms with Gasteiger partial charge in [-0.3, -0.25) is 4.98 Å². The van der Waals surface area contributed by atoms with Crippen molar-refractivity contribution in [1.29, 1.82) is 0 Å². The van der Waals surface area contributed by atoms with Crippen LogP contribution >= 0.6 is 0 Å². The van der Waals surface area contributed by atoms with Crippen LogP contribution in [0.4, 0.5) is 30.8 Å². The van der Waals surface area contributed by atoms with Crippen LogP contribution < -0.4 is 11.1 Å². The fourth-order valence-corrected chi connectivity index (χ4v) is 2.84. The van der Waals surface area contributed by atoms with Crippen molar-refractivity contribution in [3.05, 3.63) is 47.9 Å². The second-order valence-corrected chi connectivity index (χ2v) is 6.50. The van der Waals surface area contributed by atoms with Gasteiger partial charge in [0.25, 0.3) is 0 Å². The van der Waals surface area contributed by atoms with Crippen molar-refractivity contribution in [3.8, 4) is 11.5 Å². The Hall–Kier alpha value is -3.34. The molecular weight excluding hydrogens is 387 g/mol. The Bertz CT molecular complexity index is 1050. The van der Waals surface area contributed by atoms with Gasteiger partial charge < -0.3 is 15.8 Å². The zero-order chi connectivity index (χ0) is 20.6. The zero-order valence-electron chi connectivity index (χ0n) is 15.2. The van der Waals surface area contributed by atoms with Crippen molar-refractivity contribution in [2.45, 2.75) is 24.6 Å². The number of nitrogen functional groups attached to an aromatic ring is 1. The third-order valence-corrected chi connectivity index (χ3v) is 4.50. The Morgan fingerprint density at radius 3 is 2.59 bits per heavy atom. The van der Waals surface area contributed by atoms with Crippen LogP contribution in [0.2, 0.25) is 0 Å². The minimum atomic E-state index is -4.58. The van der Waals surface area contributed by atoms with Gasteiger partial charge in [0.05, 0.1) is 5.69 Å². The molecule has 0 spiro atoms. The predicted octanol–water partition coefficient (Wildman–Crippen LogP) is 3.31. The van der Waals surface area contributed by atoms with Crippen LogP contribution in [0.1, 0.15) is 24.2 Å². The normalized spacial score (nSPS) is 15.2. The number of aromatic nitrogens is 5. The molecule has 8 nitrogen and oxygen atoms in total. The molecule has 1 aliphatic rings. The standard InChI is InChI=1S/C18H16F3N7O/c1-29-17(6-7-17)13-9-10(5-8-23-13)24-16-27-14(26-15(22)28-16)11-3-2-4-12(25-11)18(19,20)21/h2-5,8-9H,6-7H2,1H3,(H3,22,23,24,26,27,28). The molecule has 3 heterocycles. The average molecular weight is 403 g/mol. The molecule has 150 valence electrons. The molecule has 3 aromatic rings. The maximum atomic E-state index is 12.9. The van der Waals surface area contributed by atoms with Gasteiger partial charge in [-0.05, 0) is 37.1 Å². The summed E-state index contributed by atoms with van der Waals surface area (Å²) in [5, 5.41) is 2.98. The van der Waals surface area contributed by atoms with E-state index in [0.29, 0.717) is 5.69 Å². The number of nitrogens with one attached hydrogen (secondary N) is 1. The molecule has 0 aliphatic heterocycles. The first-order chi connectivity index (χ1) is 13.8. The van der Waals surface area contributed by atoms with Crippen LogP contribution in [-0.4, -0.2) is 32.0 Å². The highest BCUT2D eigenvalue weighted by Gasteiger charge is 2.46. The van der Waals surface area contributed by atoms with Crippen molar-refractivity contribution in [3.63, 3.8) is 0 Å². The van der Waals surface area contributed by atoms with E-state index in [0.717, 1.165) is 24.6 Å². The molecule has 11 heteroatoms. The molecule has 4 rings (SSSR count). The van der Waals surface area contributed by atoms with E-state index < -0.39 is 11.9 Å². The number of methoxy groups -OCH3 is 1. The monoisotopic (exact) mass is 403 g/mol. The van der Waals surface area contributed by atoms with E-state index in [-0.39, 0.29) is 29.0 Å². The van der Waals surface area contributed by atoms with E-state index in [4.69, 9.17) is 10.5 Å². The van der Waals surface area contributed by atoms with Gasteiger partial charge in [0.2, 0.25) is 11.9 Å². The highest BCUT2D eigenvalue weighted by molar-refractivity contribution is 5.58. The second-order valence-electron chi connectivity index (χ2n) is 6.50. The topological polar surface area (TPSA) is 112 Å². The van der Waals surface area contributed by atoms with E-state index >= 15 is 0 Å². The highest BCUT2D eigenvalue weighted by Crippen LogP contribution is 2.48. The van der Waals surface area contributed by atoms with Crippen LogP contribution in [0.15, 0.2) is 36.5 Å². The quantitative estimate of drug-likeness (QED) is 0.667. The molecule has 0 saturated heterocycles. The van der Waals surface area contributed by atoms with Crippen LogP contribution in [-0.2, 0) is 16.5 Å². The lowest BCUT2D eigenvalue weighted by atomic mass is 10.2. The van der Waals surface area contributed by atoms with E-state index in [1.54, 1.807) is 25.4 Å². The predicted molar refractivity (Wildman–Crippen MR) is 97.9 cm³/mol. The van der Waals surface area contributed by atoms with Gasteiger partial charge >= 0.3 is 6.18 Å². The summed E-state index contributed by atoms with van der Waals surface area (Å²) in [6.45, 7) is 0. The summed E-state index contributed by atoms with van der Waals surface area (Å²) in [5.74, 6) is -0.149. The zero-order valence-corrected chi connectivity index (χ0v) is 15.2. The summed E-state index contributed by atoms with van der Waals surface area (Å²) < 4.78 is 44.3. The lowest BCUT2D eigenvalue weighted by Crippen LogP contribution is -2.12. The molecule has 0 radical (unpaired) electrons. The summed E-state index contributed by atoms with van der Waals surface area (Å²) in [7, 11) is 1.63. The molecule has 29 heavy (non-hydrogen) atoms. The maximum absolute atomic E-state index is 12.9. The summed E-state index contributed by atoms with van der Waals surface area (Å²) in [6.07, 6.45) is -1.20. The number of alkyl halides is 3. The number of ether oxygens (including phenoxy) is 1. The second kappa shape index (κ2) is 6.92. The molecule has 3 aromatic heterocycles. The van der Waals surface area contributed by atoms with Crippen molar-refractivity contribution in [1.82, 2.24) is 24.9 Å². The number of nitrogens with two attached hydrogens (primary N) is 1.